The Morgan fingerprint density at radius 3 is 2.32 bits per heavy atom. The molecule has 0 amide bonds. The topological polar surface area (TPSA) is 55.8 Å². The van der Waals surface area contributed by atoms with Crippen LogP contribution >= 0.6 is 0 Å². The Balaban J connectivity index is 1.72. The van der Waals surface area contributed by atoms with Gasteiger partial charge in [-0.05, 0) is 41.5 Å². The van der Waals surface area contributed by atoms with E-state index in [1.165, 1.54) is 30.3 Å². The zero-order chi connectivity index (χ0) is 20.1. The van der Waals surface area contributed by atoms with Crippen LogP contribution in [-0.2, 0) is 6.61 Å². The summed E-state index contributed by atoms with van der Waals surface area (Å²) in [6.07, 6.45) is -4.77. The van der Waals surface area contributed by atoms with Crippen LogP contribution in [0.3, 0.4) is 0 Å². The molecule has 0 aromatic heterocycles. The predicted molar refractivity (Wildman–Crippen MR) is 96.3 cm³/mol. The molecule has 0 fully saturated rings. The van der Waals surface area contributed by atoms with E-state index in [0.29, 0.717) is 22.4 Å². The Kier molecular flexibility index (Phi) is 5.54. The number of aromatic carboxylic acids is 1. The lowest BCUT2D eigenvalue weighted by Crippen LogP contribution is -2.17. The summed E-state index contributed by atoms with van der Waals surface area (Å²) >= 11 is 0. The van der Waals surface area contributed by atoms with E-state index in [0.717, 1.165) is 0 Å². The molecule has 0 unspecified atom stereocenters. The Bertz CT molecular complexity index is 966. The van der Waals surface area contributed by atoms with E-state index in [4.69, 9.17) is 9.84 Å². The summed E-state index contributed by atoms with van der Waals surface area (Å²) in [6.45, 7) is 0.161. The third-order valence-corrected chi connectivity index (χ3v) is 3.86. The van der Waals surface area contributed by atoms with Crippen LogP contribution in [0.2, 0.25) is 0 Å². The van der Waals surface area contributed by atoms with Gasteiger partial charge in [0.1, 0.15) is 18.1 Å². The number of carboxylic acids is 1. The fraction of sp³-hybridized carbons (Fsp3) is 0.0952. The molecule has 0 atom stereocenters. The Hall–Kier alpha value is -3.48. The summed E-state index contributed by atoms with van der Waals surface area (Å²) in [4.78, 5) is 11.0. The van der Waals surface area contributed by atoms with Gasteiger partial charge >= 0.3 is 12.3 Å². The van der Waals surface area contributed by atoms with Gasteiger partial charge in [0, 0.05) is 5.56 Å². The van der Waals surface area contributed by atoms with Gasteiger partial charge < -0.3 is 14.6 Å². The van der Waals surface area contributed by atoms with Gasteiger partial charge in [-0.2, -0.15) is 0 Å². The molecule has 0 spiro atoms. The van der Waals surface area contributed by atoms with Gasteiger partial charge in [-0.25, -0.2) is 4.79 Å². The fourth-order valence-electron chi connectivity index (χ4n) is 2.61. The molecule has 1 N–H and O–H groups in total. The summed E-state index contributed by atoms with van der Waals surface area (Å²) in [5.74, 6) is -0.807. The second kappa shape index (κ2) is 8.04. The number of hydrogen-bond donors (Lipinski definition) is 1. The second-order valence-electron chi connectivity index (χ2n) is 5.86. The van der Waals surface area contributed by atoms with Crippen molar-refractivity contribution in [3.05, 3.63) is 83.9 Å². The van der Waals surface area contributed by atoms with Crippen LogP contribution in [0.4, 0.5) is 13.2 Å². The highest BCUT2D eigenvalue weighted by Gasteiger charge is 2.32. The van der Waals surface area contributed by atoms with Crippen molar-refractivity contribution in [1.29, 1.82) is 0 Å². The molecule has 0 saturated heterocycles. The molecule has 0 bridgehead atoms. The average Bonchev–Trinajstić information content (AvgIpc) is 2.66. The third kappa shape index (κ3) is 5.03. The Labute approximate surface area is 158 Å². The molecule has 4 nitrogen and oxygen atoms in total. The summed E-state index contributed by atoms with van der Waals surface area (Å²) in [6, 6.07) is 18.8. The summed E-state index contributed by atoms with van der Waals surface area (Å²) < 4.78 is 47.4. The van der Waals surface area contributed by atoms with Crippen molar-refractivity contribution in [2.24, 2.45) is 0 Å². The third-order valence-electron chi connectivity index (χ3n) is 3.86. The molecule has 7 heteroatoms. The molecule has 28 heavy (non-hydrogen) atoms. The number of rotatable bonds is 6. The van der Waals surface area contributed by atoms with Gasteiger partial charge in [0.2, 0.25) is 0 Å². The number of hydrogen-bond acceptors (Lipinski definition) is 3. The molecule has 3 aromatic rings. The highest BCUT2D eigenvalue weighted by molar-refractivity contribution is 5.87. The molecule has 0 aliphatic heterocycles. The van der Waals surface area contributed by atoms with Crippen molar-refractivity contribution >= 4 is 5.97 Å². The first-order chi connectivity index (χ1) is 13.3. The van der Waals surface area contributed by atoms with Crippen molar-refractivity contribution in [3.63, 3.8) is 0 Å². The first-order valence-electron chi connectivity index (χ1n) is 8.22. The number of carbonyl (C=O) groups is 1. The highest BCUT2D eigenvalue weighted by atomic mass is 19.4. The quantitative estimate of drug-likeness (QED) is 0.603. The van der Waals surface area contributed by atoms with E-state index in [9.17, 15) is 18.0 Å². The highest BCUT2D eigenvalue weighted by Crippen LogP contribution is 2.34. The number of ether oxygens (including phenoxy) is 2. The second-order valence-corrected chi connectivity index (χ2v) is 5.86. The van der Waals surface area contributed by atoms with Gasteiger partial charge in [-0.1, -0.05) is 42.5 Å². The normalized spacial score (nSPS) is 11.1. The standard InChI is InChI=1S/C21H15F3O4/c22-21(23,24)28-19-7-2-1-6-18(19)15-8-10-17(11-9-15)27-13-14-4-3-5-16(12-14)20(25)26/h1-12H,13H2,(H,25,26). The minimum Gasteiger partial charge on any atom is -0.489 e. The van der Waals surface area contributed by atoms with Crippen LogP contribution in [0, 0.1) is 0 Å². The predicted octanol–water partition coefficient (Wildman–Crippen LogP) is 5.53. The van der Waals surface area contributed by atoms with Crippen LogP contribution < -0.4 is 9.47 Å². The smallest absolute Gasteiger partial charge is 0.489 e. The van der Waals surface area contributed by atoms with Crippen LogP contribution in [0.25, 0.3) is 11.1 Å². The van der Waals surface area contributed by atoms with Gasteiger partial charge in [0.05, 0.1) is 5.56 Å². The molecular weight excluding hydrogens is 373 g/mol. The van der Waals surface area contributed by atoms with Gasteiger partial charge in [0.25, 0.3) is 0 Å². The van der Waals surface area contributed by atoms with Crippen LogP contribution in [0.15, 0.2) is 72.8 Å². The minimum absolute atomic E-state index is 0.161. The van der Waals surface area contributed by atoms with E-state index >= 15 is 0 Å². The molecule has 3 aromatic carbocycles. The van der Waals surface area contributed by atoms with E-state index < -0.39 is 12.3 Å². The Morgan fingerprint density at radius 2 is 1.64 bits per heavy atom. The summed E-state index contributed by atoms with van der Waals surface area (Å²) in [5, 5.41) is 9.00. The average molecular weight is 388 g/mol. The molecule has 0 aliphatic carbocycles. The van der Waals surface area contributed by atoms with E-state index in [2.05, 4.69) is 4.74 Å². The fourth-order valence-corrected chi connectivity index (χ4v) is 2.61. The lowest BCUT2D eigenvalue weighted by atomic mass is 10.0. The number of carboxylic acid groups (broad SMARTS) is 1. The Morgan fingerprint density at radius 1 is 0.929 bits per heavy atom. The van der Waals surface area contributed by atoms with Crippen molar-refractivity contribution in [3.8, 4) is 22.6 Å². The largest absolute Gasteiger partial charge is 0.573 e. The lowest BCUT2D eigenvalue weighted by molar-refractivity contribution is -0.274. The first-order valence-corrected chi connectivity index (χ1v) is 8.22. The minimum atomic E-state index is -4.77. The van der Waals surface area contributed by atoms with E-state index in [-0.39, 0.29) is 17.9 Å². The summed E-state index contributed by atoms with van der Waals surface area (Å²) in [7, 11) is 0. The molecule has 144 valence electrons. The molecule has 3 rings (SSSR count). The van der Waals surface area contributed by atoms with E-state index in [1.54, 1.807) is 42.5 Å². The van der Waals surface area contributed by atoms with E-state index in [1.807, 2.05) is 0 Å². The van der Waals surface area contributed by atoms with Crippen LogP contribution in [0.1, 0.15) is 15.9 Å². The molecule has 0 heterocycles. The molecular formula is C21H15F3O4. The number of benzene rings is 3. The van der Waals surface area contributed by atoms with Gasteiger partial charge in [-0.3, -0.25) is 0 Å². The van der Waals surface area contributed by atoms with Crippen molar-refractivity contribution in [2.75, 3.05) is 0 Å². The number of para-hydroxylation sites is 1. The summed E-state index contributed by atoms with van der Waals surface area (Å²) in [5.41, 5.74) is 1.70. The molecule has 0 saturated carbocycles. The SMILES string of the molecule is O=C(O)c1cccc(COc2ccc(-c3ccccc3OC(F)(F)F)cc2)c1. The zero-order valence-corrected chi connectivity index (χ0v) is 14.4. The monoisotopic (exact) mass is 388 g/mol. The maximum atomic E-state index is 12.6. The zero-order valence-electron chi connectivity index (χ0n) is 14.4. The maximum Gasteiger partial charge on any atom is 0.573 e. The molecule has 0 radical (unpaired) electrons. The maximum absolute atomic E-state index is 12.6. The lowest BCUT2D eigenvalue weighted by Gasteiger charge is -2.13. The van der Waals surface area contributed by atoms with Gasteiger partial charge in [-0.15, -0.1) is 13.2 Å². The van der Waals surface area contributed by atoms with Crippen LogP contribution in [0.5, 0.6) is 11.5 Å². The molecule has 0 aliphatic rings. The van der Waals surface area contributed by atoms with Crippen molar-refractivity contribution in [1.82, 2.24) is 0 Å². The van der Waals surface area contributed by atoms with Crippen LogP contribution in [-0.4, -0.2) is 17.4 Å². The van der Waals surface area contributed by atoms with Gasteiger partial charge in [0.15, 0.2) is 0 Å². The van der Waals surface area contributed by atoms with Crippen molar-refractivity contribution < 1.29 is 32.5 Å². The number of alkyl halides is 3. The van der Waals surface area contributed by atoms with Crippen molar-refractivity contribution in [2.45, 2.75) is 13.0 Å². The first kappa shape index (κ1) is 19.3. The number of halogens is 3.